The minimum Gasteiger partial charge on any atom is -0.349 e. The summed E-state index contributed by atoms with van der Waals surface area (Å²) in [6.07, 6.45) is 9.40. The molecule has 3 rings (SSSR count). The van der Waals surface area contributed by atoms with Crippen molar-refractivity contribution in [2.45, 2.75) is 50.6 Å². The fourth-order valence-corrected chi connectivity index (χ4v) is 3.15. The zero-order chi connectivity index (χ0) is 14.2. The molecule has 1 N–H and O–H groups in total. The number of nitrogens with one attached hydrogen (secondary N) is 1. The van der Waals surface area contributed by atoms with Gasteiger partial charge in [0.25, 0.3) is 0 Å². The topological polar surface area (TPSA) is 90.1 Å². The number of aromatic nitrogens is 2. The molecule has 2 fully saturated rings. The predicted octanol–water partition coefficient (Wildman–Crippen LogP) is 1.63. The molecule has 1 heterocycles. The van der Waals surface area contributed by atoms with E-state index in [4.69, 9.17) is 0 Å². The molecule has 1 aromatic rings. The van der Waals surface area contributed by atoms with Crippen LogP contribution in [0.4, 0.5) is 5.69 Å². The standard InChI is InChI=1S/C13H18N4O3/c18-12(9-16-8-11(7-14-16)17(19)20)15-13(5-2-6-13)10-3-1-4-10/h7-8,10H,1-6,9H2,(H,15,18). The second-order valence-electron chi connectivity index (χ2n) is 5.84. The summed E-state index contributed by atoms with van der Waals surface area (Å²) in [6.45, 7) is 0.0440. The van der Waals surface area contributed by atoms with Crippen molar-refractivity contribution in [2.75, 3.05) is 0 Å². The van der Waals surface area contributed by atoms with E-state index in [1.807, 2.05) is 0 Å². The Morgan fingerprint density at radius 2 is 2.25 bits per heavy atom. The molecule has 2 saturated carbocycles. The molecule has 7 nitrogen and oxygen atoms in total. The number of nitrogens with zero attached hydrogens (tertiary/aromatic N) is 3. The summed E-state index contributed by atoms with van der Waals surface area (Å²) in [5.41, 5.74) is -0.0934. The van der Waals surface area contributed by atoms with Gasteiger partial charge in [-0.05, 0) is 38.0 Å². The Balaban J connectivity index is 1.59. The summed E-state index contributed by atoms with van der Waals surface area (Å²) in [5, 5.41) is 17.6. The molecule has 0 aliphatic heterocycles. The minimum atomic E-state index is -0.511. The van der Waals surface area contributed by atoms with Crippen molar-refractivity contribution >= 4 is 11.6 Å². The Bertz CT molecular complexity index is 531. The van der Waals surface area contributed by atoms with Gasteiger partial charge in [0.15, 0.2) is 0 Å². The van der Waals surface area contributed by atoms with Crippen molar-refractivity contribution in [3.05, 3.63) is 22.5 Å². The van der Waals surface area contributed by atoms with Crippen LogP contribution in [0.3, 0.4) is 0 Å². The first kappa shape index (κ1) is 13.1. The second-order valence-corrected chi connectivity index (χ2v) is 5.84. The van der Waals surface area contributed by atoms with Gasteiger partial charge in [-0.25, -0.2) is 0 Å². The van der Waals surface area contributed by atoms with E-state index in [-0.39, 0.29) is 23.7 Å². The van der Waals surface area contributed by atoms with Gasteiger partial charge in [-0.3, -0.25) is 19.6 Å². The van der Waals surface area contributed by atoms with E-state index in [0.717, 1.165) is 12.8 Å². The van der Waals surface area contributed by atoms with Gasteiger partial charge in [-0.1, -0.05) is 6.42 Å². The highest BCUT2D eigenvalue weighted by Gasteiger charge is 2.47. The molecule has 7 heteroatoms. The van der Waals surface area contributed by atoms with E-state index in [0.29, 0.717) is 5.92 Å². The predicted molar refractivity (Wildman–Crippen MR) is 70.9 cm³/mol. The Kier molecular flexibility index (Phi) is 3.19. The van der Waals surface area contributed by atoms with Crippen molar-refractivity contribution in [2.24, 2.45) is 5.92 Å². The molecule has 0 unspecified atom stereocenters. The highest BCUT2D eigenvalue weighted by atomic mass is 16.6. The Morgan fingerprint density at radius 3 is 2.70 bits per heavy atom. The largest absolute Gasteiger partial charge is 0.349 e. The van der Waals surface area contributed by atoms with Crippen LogP contribution in [-0.2, 0) is 11.3 Å². The Labute approximate surface area is 116 Å². The maximum absolute atomic E-state index is 12.1. The van der Waals surface area contributed by atoms with Crippen LogP contribution in [-0.4, -0.2) is 26.1 Å². The van der Waals surface area contributed by atoms with Gasteiger partial charge in [0.05, 0.1) is 4.92 Å². The van der Waals surface area contributed by atoms with Crippen molar-refractivity contribution in [3.8, 4) is 0 Å². The lowest BCUT2D eigenvalue weighted by Gasteiger charge is -2.52. The number of hydrogen-bond acceptors (Lipinski definition) is 4. The molecular weight excluding hydrogens is 260 g/mol. The molecule has 0 aromatic carbocycles. The molecule has 20 heavy (non-hydrogen) atoms. The molecule has 1 aromatic heterocycles. The van der Waals surface area contributed by atoms with Gasteiger partial charge < -0.3 is 5.32 Å². The van der Waals surface area contributed by atoms with Crippen LogP contribution >= 0.6 is 0 Å². The van der Waals surface area contributed by atoms with E-state index in [2.05, 4.69) is 10.4 Å². The van der Waals surface area contributed by atoms with Crippen LogP contribution in [0.25, 0.3) is 0 Å². The number of nitro groups is 1. The molecular formula is C13H18N4O3. The molecule has 0 atom stereocenters. The zero-order valence-corrected chi connectivity index (χ0v) is 11.2. The van der Waals surface area contributed by atoms with Crippen LogP contribution in [0.15, 0.2) is 12.4 Å². The molecule has 2 aliphatic rings. The van der Waals surface area contributed by atoms with Crippen molar-refractivity contribution in [3.63, 3.8) is 0 Å². The first-order valence-electron chi connectivity index (χ1n) is 7.07. The first-order valence-corrected chi connectivity index (χ1v) is 7.07. The molecule has 2 aliphatic carbocycles. The second kappa shape index (κ2) is 4.88. The fourth-order valence-electron chi connectivity index (χ4n) is 3.15. The summed E-state index contributed by atoms with van der Waals surface area (Å²) in [5.74, 6) is 0.516. The lowest BCUT2D eigenvalue weighted by molar-refractivity contribution is -0.385. The molecule has 0 spiro atoms. The maximum Gasteiger partial charge on any atom is 0.307 e. The number of carbonyl (C=O) groups excluding carboxylic acids is 1. The summed E-state index contributed by atoms with van der Waals surface area (Å²) >= 11 is 0. The molecule has 0 bridgehead atoms. The van der Waals surface area contributed by atoms with Crippen LogP contribution < -0.4 is 5.32 Å². The van der Waals surface area contributed by atoms with E-state index in [9.17, 15) is 14.9 Å². The van der Waals surface area contributed by atoms with E-state index in [1.165, 1.54) is 42.8 Å². The van der Waals surface area contributed by atoms with Crippen molar-refractivity contribution in [1.29, 1.82) is 0 Å². The third-order valence-corrected chi connectivity index (χ3v) is 4.66. The number of hydrogen-bond donors (Lipinski definition) is 1. The Hall–Kier alpha value is -1.92. The minimum absolute atomic E-state index is 0.00554. The highest BCUT2D eigenvalue weighted by Crippen LogP contribution is 2.47. The smallest absolute Gasteiger partial charge is 0.307 e. The van der Waals surface area contributed by atoms with E-state index in [1.54, 1.807) is 0 Å². The number of carbonyl (C=O) groups is 1. The van der Waals surface area contributed by atoms with Gasteiger partial charge in [-0.2, -0.15) is 5.10 Å². The molecule has 108 valence electrons. The summed E-state index contributed by atoms with van der Waals surface area (Å²) in [6, 6.07) is 0. The van der Waals surface area contributed by atoms with Crippen LogP contribution in [0.1, 0.15) is 38.5 Å². The SMILES string of the molecule is O=C(Cn1cc([N+](=O)[O-])cn1)NC1(C2CCC2)CCC1. The summed E-state index contributed by atoms with van der Waals surface area (Å²) < 4.78 is 1.32. The van der Waals surface area contributed by atoms with Crippen molar-refractivity contribution in [1.82, 2.24) is 15.1 Å². The monoisotopic (exact) mass is 278 g/mol. The lowest BCUT2D eigenvalue weighted by atomic mass is 9.61. The fraction of sp³-hybridized carbons (Fsp3) is 0.692. The van der Waals surface area contributed by atoms with Crippen LogP contribution in [0, 0.1) is 16.0 Å². The molecule has 1 amide bonds. The highest BCUT2D eigenvalue weighted by molar-refractivity contribution is 5.76. The average molecular weight is 278 g/mol. The van der Waals surface area contributed by atoms with Gasteiger partial charge >= 0.3 is 5.69 Å². The lowest BCUT2D eigenvalue weighted by Crippen LogP contribution is -2.60. The Morgan fingerprint density at radius 1 is 1.50 bits per heavy atom. The zero-order valence-electron chi connectivity index (χ0n) is 11.2. The maximum atomic E-state index is 12.1. The average Bonchev–Trinajstić information content (AvgIpc) is 2.71. The van der Waals surface area contributed by atoms with Crippen LogP contribution in [0.5, 0.6) is 0 Å². The number of amides is 1. The molecule has 0 radical (unpaired) electrons. The third-order valence-electron chi connectivity index (χ3n) is 4.66. The van der Waals surface area contributed by atoms with E-state index >= 15 is 0 Å². The van der Waals surface area contributed by atoms with Crippen molar-refractivity contribution < 1.29 is 9.72 Å². The molecule has 0 saturated heterocycles. The summed E-state index contributed by atoms with van der Waals surface area (Å²) in [4.78, 5) is 22.2. The van der Waals surface area contributed by atoms with Crippen LogP contribution in [0.2, 0.25) is 0 Å². The normalized spacial score (nSPS) is 20.8. The first-order chi connectivity index (χ1) is 9.59. The van der Waals surface area contributed by atoms with Gasteiger partial charge in [0, 0.05) is 5.54 Å². The van der Waals surface area contributed by atoms with Gasteiger partial charge in [-0.15, -0.1) is 0 Å². The van der Waals surface area contributed by atoms with Gasteiger partial charge in [0.1, 0.15) is 18.9 Å². The third kappa shape index (κ3) is 2.28. The quantitative estimate of drug-likeness (QED) is 0.654. The number of rotatable bonds is 5. The van der Waals surface area contributed by atoms with E-state index < -0.39 is 4.92 Å². The summed E-state index contributed by atoms with van der Waals surface area (Å²) in [7, 11) is 0. The van der Waals surface area contributed by atoms with Gasteiger partial charge in [0.2, 0.25) is 5.91 Å².